The number of aromatic amines is 1. The minimum atomic E-state index is -0.187. The van der Waals surface area contributed by atoms with Crippen molar-refractivity contribution in [3.05, 3.63) is 35.7 Å². The molecule has 1 aliphatic rings. The molecular formula is C15H16N6OS. The number of rotatable bonds is 4. The number of thiazole rings is 1. The van der Waals surface area contributed by atoms with E-state index in [9.17, 15) is 4.79 Å². The summed E-state index contributed by atoms with van der Waals surface area (Å²) in [7, 11) is 0. The fourth-order valence-electron chi connectivity index (χ4n) is 2.91. The van der Waals surface area contributed by atoms with E-state index in [1.807, 2.05) is 16.3 Å². The second-order valence-corrected chi connectivity index (χ2v) is 6.49. The lowest BCUT2D eigenvalue weighted by molar-refractivity contribution is 0.102. The van der Waals surface area contributed by atoms with Crippen LogP contribution in [0, 0.1) is 0 Å². The standard InChI is InChI=1S/C15H16N6OS/c22-14(10-7-18-21(9-10)11-3-1-2-4-11)19-12-8-17-20-13(12)15-16-5-6-23-15/h5-9,11H,1-4H2,(H,17,20)(H,19,22). The van der Waals surface area contributed by atoms with Crippen molar-refractivity contribution in [3.8, 4) is 10.7 Å². The molecule has 3 aromatic heterocycles. The van der Waals surface area contributed by atoms with Crippen molar-refractivity contribution in [2.24, 2.45) is 0 Å². The Morgan fingerprint density at radius 2 is 2.22 bits per heavy atom. The van der Waals surface area contributed by atoms with Crippen molar-refractivity contribution in [3.63, 3.8) is 0 Å². The number of hydrogen-bond donors (Lipinski definition) is 2. The van der Waals surface area contributed by atoms with E-state index in [1.165, 1.54) is 24.2 Å². The second kappa shape index (κ2) is 5.96. The first-order valence-electron chi connectivity index (χ1n) is 7.60. The van der Waals surface area contributed by atoms with E-state index in [4.69, 9.17) is 0 Å². The number of nitrogens with one attached hydrogen (secondary N) is 2. The molecule has 0 bridgehead atoms. The van der Waals surface area contributed by atoms with Crippen LogP contribution in [0.15, 0.2) is 30.2 Å². The molecular weight excluding hydrogens is 312 g/mol. The minimum Gasteiger partial charge on any atom is -0.319 e. The summed E-state index contributed by atoms with van der Waals surface area (Å²) in [6, 6.07) is 0.427. The van der Waals surface area contributed by atoms with Gasteiger partial charge in [0.15, 0.2) is 0 Å². The molecule has 0 radical (unpaired) electrons. The van der Waals surface area contributed by atoms with Crippen LogP contribution in [0.2, 0.25) is 0 Å². The molecule has 4 rings (SSSR count). The van der Waals surface area contributed by atoms with Crippen LogP contribution in [0.5, 0.6) is 0 Å². The van der Waals surface area contributed by atoms with Crippen LogP contribution in [-0.4, -0.2) is 30.9 Å². The molecule has 0 unspecified atom stereocenters. The molecule has 23 heavy (non-hydrogen) atoms. The van der Waals surface area contributed by atoms with Gasteiger partial charge in [-0.05, 0) is 12.8 Å². The molecule has 118 valence electrons. The molecule has 0 atom stereocenters. The van der Waals surface area contributed by atoms with Gasteiger partial charge in [-0.3, -0.25) is 14.6 Å². The van der Waals surface area contributed by atoms with Gasteiger partial charge in [0, 0.05) is 17.8 Å². The van der Waals surface area contributed by atoms with Gasteiger partial charge >= 0.3 is 0 Å². The van der Waals surface area contributed by atoms with E-state index < -0.39 is 0 Å². The molecule has 2 N–H and O–H groups in total. The molecule has 0 aliphatic heterocycles. The van der Waals surface area contributed by atoms with Gasteiger partial charge in [0.25, 0.3) is 5.91 Å². The number of hydrogen-bond acceptors (Lipinski definition) is 5. The quantitative estimate of drug-likeness (QED) is 0.770. The maximum Gasteiger partial charge on any atom is 0.258 e. The number of H-pyrrole nitrogens is 1. The van der Waals surface area contributed by atoms with Gasteiger partial charge in [-0.15, -0.1) is 11.3 Å². The maximum atomic E-state index is 12.4. The Balaban J connectivity index is 1.51. The normalized spacial score (nSPS) is 15.1. The third-order valence-electron chi connectivity index (χ3n) is 4.10. The fraction of sp³-hybridized carbons (Fsp3) is 0.333. The zero-order chi connectivity index (χ0) is 15.6. The Morgan fingerprint density at radius 3 is 3.00 bits per heavy atom. The summed E-state index contributed by atoms with van der Waals surface area (Å²) in [6.07, 6.45) is 11.5. The Hall–Kier alpha value is -2.48. The van der Waals surface area contributed by atoms with Gasteiger partial charge < -0.3 is 5.32 Å². The highest BCUT2D eigenvalue weighted by atomic mass is 32.1. The molecule has 1 aliphatic carbocycles. The van der Waals surface area contributed by atoms with Gasteiger partial charge in [-0.1, -0.05) is 12.8 Å². The summed E-state index contributed by atoms with van der Waals surface area (Å²) in [6.45, 7) is 0. The average molecular weight is 328 g/mol. The van der Waals surface area contributed by atoms with Crippen molar-refractivity contribution < 1.29 is 4.79 Å². The highest BCUT2D eigenvalue weighted by molar-refractivity contribution is 7.13. The van der Waals surface area contributed by atoms with Crippen LogP contribution < -0.4 is 5.32 Å². The Bertz CT molecular complexity index is 800. The predicted octanol–water partition coefficient (Wildman–Crippen LogP) is 3.10. The van der Waals surface area contributed by atoms with E-state index in [0.717, 1.165) is 23.5 Å². The van der Waals surface area contributed by atoms with Gasteiger partial charge in [0.1, 0.15) is 10.7 Å². The largest absolute Gasteiger partial charge is 0.319 e. The summed E-state index contributed by atoms with van der Waals surface area (Å²) in [5.41, 5.74) is 1.90. The van der Waals surface area contributed by atoms with Gasteiger partial charge in [-0.25, -0.2) is 4.98 Å². The number of carbonyl (C=O) groups is 1. The molecule has 8 heteroatoms. The molecule has 1 amide bonds. The zero-order valence-corrected chi connectivity index (χ0v) is 13.2. The summed E-state index contributed by atoms with van der Waals surface area (Å²) < 4.78 is 1.92. The molecule has 1 saturated carbocycles. The van der Waals surface area contributed by atoms with Crippen LogP contribution in [0.4, 0.5) is 5.69 Å². The van der Waals surface area contributed by atoms with E-state index in [-0.39, 0.29) is 5.91 Å². The van der Waals surface area contributed by atoms with Crippen LogP contribution in [0.1, 0.15) is 42.1 Å². The van der Waals surface area contributed by atoms with E-state index in [2.05, 4.69) is 25.6 Å². The van der Waals surface area contributed by atoms with Gasteiger partial charge in [-0.2, -0.15) is 10.2 Å². The van der Waals surface area contributed by atoms with Crippen molar-refractivity contribution in [1.29, 1.82) is 0 Å². The number of amides is 1. The van der Waals surface area contributed by atoms with Crippen LogP contribution in [0.3, 0.4) is 0 Å². The molecule has 0 saturated heterocycles. The SMILES string of the molecule is O=C(Nc1cn[nH]c1-c1nccs1)c1cnn(C2CCCC2)c1. The summed E-state index contributed by atoms with van der Waals surface area (Å²) in [5, 5.41) is 16.8. The predicted molar refractivity (Wildman–Crippen MR) is 87.4 cm³/mol. The van der Waals surface area contributed by atoms with E-state index >= 15 is 0 Å². The molecule has 7 nitrogen and oxygen atoms in total. The zero-order valence-electron chi connectivity index (χ0n) is 12.4. The molecule has 0 spiro atoms. The van der Waals surface area contributed by atoms with Gasteiger partial charge in [0.2, 0.25) is 0 Å². The highest BCUT2D eigenvalue weighted by Gasteiger charge is 2.20. The third-order valence-corrected chi connectivity index (χ3v) is 4.89. The average Bonchev–Trinajstić information content (AvgIpc) is 3.31. The smallest absolute Gasteiger partial charge is 0.258 e. The number of aromatic nitrogens is 5. The van der Waals surface area contributed by atoms with Crippen LogP contribution in [0.25, 0.3) is 10.7 Å². The van der Waals surface area contributed by atoms with Crippen molar-refractivity contribution in [1.82, 2.24) is 25.0 Å². The first-order chi connectivity index (χ1) is 11.3. The van der Waals surface area contributed by atoms with E-state index in [1.54, 1.807) is 18.6 Å². The summed E-state index contributed by atoms with van der Waals surface area (Å²) in [4.78, 5) is 16.7. The van der Waals surface area contributed by atoms with Crippen molar-refractivity contribution in [2.45, 2.75) is 31.7 Å². The lowest BCUT2D eigenvalue weighted by Gasteiger charge is -2.08. The lowest BCUT2D eigenvalue weighted by atomic mass is 10.2. The molecule has 0 aromatic carbocycles. The fourth-order valence-corrected chi connectivity index (χ4v) is 3.55. The Labute approximate surface area is 136 Å². The molecule has 3 aromatic rings. The van der Waals surface area contributed by atoms with Crippen molar-refractivity contribution >= 4 is 22.9 Å². The summed E-state index contributed by atoms with van der Waals surface area (Å²) >= 11 is 1.49. The highest BCUT2D eigenvalue weighted by Crippen LogP contribution is 2.29. The monoisotopic (exact) mass is 328 g/mol. The summed E-state index contributed by atoms with van der Waals surface area (Å²) in [5.74, 6) is -0.187. The topological polar surface area (TPSA) is 88.5 Å². The van der Waals surface area contributed by atoms with Crippen LogP contribution in [-0.2, 0) is 0 Å². The number of carbonyl (C=O) groups excluding carboxylic acids is 1. The van der Waals surface area contributed by atoms with Gasteiger partial charge in [0.05, 0.1) is 29.7 Å². The van der Waals surface area contributed by atoms with Crippen molar-refractivity contribution in [2.75, 3.05) is 5.32 Å². The maximum absolute atomic E-state index is 12.4. The number of anilines is 1. The first kappa shape index (κ1) is 14.1. The Morgan fingerprint density at radius 1 is 1.35 bits per heavy atom. The Kier molecular flexibility index (Phi) is 3.66. The first-order valence-corrected chi connectivity index (χ1v) is 8.48. The minimum absolute atomic E-state index is 0.187. The molecule has 1 fully saturated rings. The molecule has 3 heterocycles. The van der Waals surface area contributed by atoms with E-state index in [0.29, 0.717) is 17.3 Å². The second-order valence-electron chi connectivity index (χ2n) is 5.60. The third kappa shape index (κ3) is 2.77. The lowest BCUT2D eigenvalue weighted by Crippen LogP contribution is -2.11. The van der Waals surface area contributed by atoms with Crippen LogP contribution >= 0.6 is 11.3 Å². The number of nitrogens with zero attached hydrogens (tertiary/aromatic N) is 4.